The molecule has 2 N–H and O–H groups in total. The molecule has 1 aliphatic rings. The van der Waals surface area contributed by atoms with Gasteiger partial charge in [-0.05, 0) is 19.8 Å². The molecule has 0 atom stereocenters. The minimum absolute atomic E-state index is 0.135. The van der Waals surface area contributed by atoms with E-state index < -0.39 is 17.5 Å². The Kier molecular flexibility index (Phi) is 3.83. The zero-order valence-electron chi connectivity index (χ0n) is 8.84. The lowest BCUT2D eigenvalue weighted by molar-refractivity contribution is -0.123. The molecule has 1 rings (SSSR count). The molecule has 0 saturated heterocycles. The molecule has 7 nitrogen and oxygen atoms in total. The van der Waals surface area contributed by atoms with Crippen molar-refractivity contribution in [3.8, 4) is 6.19 Å². The lowest BCUT2D eigenvalue weighted by atomic mass is 10.3. The Labute approximate surface area is 92.4 Å². The van der Waals surface area contributed by atoms with Gasteiger partial charge in [0.2, 0.25) is 5.71 Å². The summed E-state index contributed by atoms with van der Waals surface area (Å²) in [6.45, 7) is 1.86. The van der Waals surface area contributed by atoms with Crippen LogP contribution in [0.4, 0.5) is 0 Å². The molecule has 1 fully saturated rings. The molecule has 0 unspecified atom stereocenters. The molecule has 0 aromatic heterocycles. The molecule has 0 bridgehead atoms. The minimum Gasteiger partial charge on any atom is -0.395 e. The van der Waals surface area contributed by atoms with Crippen LogP contribution in [0.15, 0.2) is 5.16 Å². The second kappa shape index (κ2) is 5.11. The number of rotatable bonds is 5. The summed E-state index contributed by atoms with van der Waals surface area (Å²) >= 11 is 0. The van der Waals surface area contributed by atoms with Crippen LogP contribution in [0.5, 0.6) is 0 Å². The van der Waals surface area contributed by atoms with Crippen LogP contribution in [-0.4, -0.2) is 35.1 Å². The van der Waals surface area contributed by atoms with Gasteiger partial charge in [-0.1, -0.05) is 5.16 Å². The van der Waals surface area contributed by atoms with E-state index in [0.29, 0.717) is 0 Å². The zero-order chi connectivity index (χ0) is 12.1. The maximum Gasteiger partial charge on any atom is 0.294 e. The van der Waals surface area contributed by atoms with Gasteiger partial charge in [0.15, 0.2) is 6.19 Å². The van der Waals surface area contributed by atoms with Gasteiger partial charge in [0.25, 0.3) is 11.8 Å². The van der Waals surface area contributed by atoms with Crippen molar-refractivity contribution < 1.29 is 14.4 Å². The number of primary amides is 1. The summed E-state index contributed by atoms with van der Waals surface area (Å²) in [5, 5.41) is 12.1. The highest BCUT2D eigenvalue weighted by Gasteiger charge is 2.36. The average molecular weight is 224 g/mol. The van der Waals surface area contributed by atoms with Crippen LogP contribution < -0.4 is 5.73 Å². The molecule has 2 amide bonds. The van der Waals surface area contributed by atoms with E-state index >= 15 is 0 Å². The van der Waals surface area contributed by atoms with Crippen molar-refractivity contribution in [3.05, 3.63) is 0 Å². The largest absolute Gasteiger partial charge is 0.395 e. The van der Waals surface area contributed by atoms with Gasteiger partial charge in [-0.15, -0.1) is 0 Å². The summed E-state index contributed by atoms with van der Waals surface area (Å²) in [4.78, 5) is 28.2. The van der Waals surface area contributed by atoms with Crippen molar-refractivity contribution in [3.63, 3.8) is 0 Å². The van der Waals surface area contributed by atoms with Gasteiger partial charge in [0, 0.05) is 6.04 Å². The molecular weight excluding hydrogens is 212 g/mol. The van der Waals surface area contributed by atoms with E-state index in [1.54, 1.807) is 13.1 Å². The van der Waals surface area contributed by atoms with Gasteiger partial charge >= 0.3 is 0 Å². The Morgan fingerprint density at radius 2 is 2.25 bits per heavy atom. The zero-order valence-corrected chi connectivity index (χ0v) is 8.84. The fourth-order valence-corrected chi connectivity index (χ4v) is 1.06. The fraction of sp³-hybridized carbons (Fsp3) is 0.556. The third-order valence-corrected chi connectivity index (χ3v) is 1.96. The van der Waals surface area contributed by atoms with Crippen molar-refractivity contribution in [2.24, 2.45) is 10.9 Å². The second-order valence-corrected chi connectivity index (χ2v) is 3.23. The molecule has 86 valence electrons. The van der Waals surface area contributed by atoms with E-state index in [-0.39, 0.29) is 12.6 Å². The smallest absolute Gasteiger partial charge is 0.294 e. The van der Waals surface area contributed by atoms with Crippen LogP contribution in [0.1, 0.15) is 19.8 Å². The summed E-state index contributed by atoms with van der Waals surface area (Å²) in [6, 6.07) is -0.135. The van der Waals surface area contributed by atoms with Crippen LogP contribution in [-0.2, 0) is 14.4 Å². The summed E-state index contributed by atoms with van der Waals surface area (Å²) in [5.41, 5.74) is 4.44. The van der Waals surface area contributed by atoms with Crippen LogP contribution in [0.3, 0.4) is 0 Å². The Morgan fingerprint density at radius 1 is 1.62 bits per heavy atom. The van der Waals surface area contributed by atoms with Crippen LogP contribution in [0.2, 0.25) is 0 Å². The molecule has 16 heavy (non-hydrogen) atoms. The van der Waals surface area contributed by atoms with Crippen molar-refractivity contribution in [1.82, 2.24) is 4.90 Å². The normalized spacial score (nSPS) is 15.1. The van der Waals surface area contributed by atoms with Crippen molar-refractivity contribution in [2.75, 3.05) is 6.61 Å². The Morgan fingerprint density at radius 3 is 2.62 bits per heavy atom. The standard InChI is InChI=1S/C9H12N4O3/c1-2-16-12-7(8(11)14)9(15)13(5-10)6-3-4-6/h6H,2-4H2,1H3,(H2,11,14). The number of carbonyl (C=O) groups excluding carboxylic acids is 2. The molecule has 0 spiro atoms. The van der Waals surface area contributed by atoms with E-state index in [0.717, 1.165) is 17.7 Å². The number of carbonyl (C=O) groups is 2. The summed E-state index contributed by atoms with van der Waals surface area (Å²) in [6.07, 6.45) is 3.22. The third-order valence-electron chi connectivity index (χ3n) is 1.96. The van der Waals surface area contributed by atoms with Crippen molar-refractivity contribution in [2.45, 2.75) is 25.8 Å². The number of hydrogen-bond donors (Lipinski definition) is 1. The predicted molar refractivity (Wildman–Crippen MR) is 53.7 cm³/mol. The molecule has 0 aromatic rings. The fourth-order valence-electron chi connectivity index (χ4n) is 1.06. The first-order valence-corrected chi connectivity index (χ1v) is 4.84. The van der Waals surface area contributed by atoms with Crippen molar-refractivity contribution in [1.29, 1.82) is 5.26 Å². The van der Waals surface area contributed by atoms with E-state index in [4.69, 9.17) is 11.0 Å². The van der Waals surface area contributed by atoms with E-state index in [2.05, 4.69) is 9.99 Å². The molecular formula is C9H12N4O3. The molecule has 0 aromatic carbocycles. The lowest BCUT2D eigenvalue weighted by Crippen LogP contribution is -2.41. The summed E-state index contributed by atoms with van der Waals surface area (Å²) < 4.78 is 0. The molecule has 0 radical (unpaired) electrons. The predicted octanol–water partition coefficient (Wildman–Crippen LogP) is -0.664. The van der Waals surface area contributed by atoms with E-state index in [9.17, 15) is 9.59 Å². The van der Waals surface area contributed by atoms with Gasteiger partial charge < -0.3 is 10.6 Å². The van der Waals surface area contributed by atoms with E-state index in [1.165, 1.54) is 0 Å². The van der Waals surface area contributed by atoms with Gasteiger partial charge in [0.1, 0.15) is 6.61 Å². The van der Waals surface area contributed by atoms with Crippen molar-refractivity contribution >= 4 is 17.5 Å². The topological polar surface area (TPSA) is 109 Å². The number of oxime groups is 1. The number of nitriles is 1. The van der Waals surface area contributed by atoms with Gasteiger partial charge in [-0.25, -0.2) is 4.90 Å². The maximum absolute atomic E-state index is 11.7. The summed E-state index contributed by atoms with van der Waals surface area (Å²) in [7, 11) is 0. The quantitative estimate of drug-likeness (QED) is 0.220. The average Bonchev–Trinajstić information content (AvgIpc) is 3.03. The maximum atomic E-state index is 11.7. The van der Waals surface area contributed by atoms with E-state index in [1.807, 2.05) is 0 Å². The number of nitrogens with two attached hydrogens (primary N) is 1. The molecule has 0 aliphatic heterocycles. The second-order valence-electron chi connectivity index (χ2n) is 3.23. The molecule has 0 heterocycles. The van der Waals surface area contributed by atoms with Gasteiger partial charge in [0.05, 0.1) is 0 Å². The Bertz CT molecular complexity index is 367. The molecule has 1 aliphatic carbocycles. The number of hydrogen-bond acceptors (Lipinski definition) is 5. The summed E-state index contributed by atoms with van der Waals surface area (Å²) in [5.74, 6) is -1.80. The first kappa shape index (κ1) is 12.0. The highest BCUT2D eigenvalue weighted by atomic mass is 16.6. The minimum atomic E-state index is -1.00. The Balaban J connectivity index is 2.81. The monoisotopic (exact) mass is 224 g/mol. The highest BCUT2D eigenvalue weighted by Crippen LogP contribution is 2.26. The lowest BCUT2D eigenvalue weighted by Gasteiger charge is -2.11. The number of nitrogens with zero attached hydrogens (tertiary/aromatic N) is 3. The molecule has 1 saturated carbocycles. The first-order chi connectivity index (χ1) is 7.61. The highest BCUT2D eigenvalue weighted by molar-refractivity contribution is 6.64. The SMILES string of the molecule is CCON=C(C(N)=O)C(=O)N(C#N)C1CC1. The molecule has 7 heteroatoms. The van der Waals surface area contributed by atoms with Crippen LogP contribution in [0, 0.1) is 11.5 Å². The van der Waals surface area contributed by atoms with Crippen LogP contribution in [0.25, 0.3) is 0 Å². The van der Waals surface area contributed by atoms with Gasteiger partial charge in [-0.3, -0.25) is 9.59 Å². The van der Waals surface area contributed by atoms with Crippen LogP contribution >= 0.6 is 0 Å². The third kappa shape index (κ3) is 2.70. The first-order valence-electron chi connectivity index (χ1n) is 4.84. The Hall–Kier alpha value is -2.10. The van der Waals surface area contributed by atoms with Gasteiger partial charge in [-0.2, -0.15) is 5.26 Å². The number of amides is 2.